The number of carbonyl (C=O) groups is 1. The van der Waals surface area contributed by atoms with Gasteiger partial charge < -0.3 is 24.4 Å². The highest BCUT2D eigenvalue weighted by molar-refractivity contribution is 5.95. The minimum absolute atomic E-state index is 0.304. The lowest BCUT2D eigenvalue weighted by atomic mass is 9.95. The number of nitrogens with one attached hydrogen (secondary N) is 1. The topological polar surface area (TPSA) is 60.0 Å². The van der Waals surface area contributed by atoms with Crippen molar-refractivity contribution in [3.05, 3.63) is 47.5 Å². The number of anilines is 1. The van der Waals surface area contributed by atoms with Crippen molar-refractivity contribution in [1.29, 1.82) is 0 Å². The molecule has 168 valence electrons. The number of benzene rings is 2. The van der Waals surface area contributed by atoms with Gasteiger partial charge in [-0.3, -0.25) is 0 Å². The van der Waals surface area contributed by atoms with Crippen molar-refractivity contribution < 1.29 is 19.0 Å². The molecule has 1 saturated heterocycles. The first-order chi connectivity index (χ1) is 15.1. The van der Waals surface area contributed by atoms with E-state index in [1.807, 2.05) is 37.3 Å². The van der Waals surface area contributed by atoms with Crippen LogP contribution >= 0.6 is 0 Å². The summed E-state index contributed by atoms with van der Waals surface area (Å²) in [4.78, 5) is 15.0. The van der Waals surface area contributed by atoms with Gasteiger partial charge in [0.25, 0.3) is 0 Å². The van der Waals surface area contributed by atoms with Crippen molar-refractivity contribution in [3.63, 3.8) is 0 Å². The Kier molecular flexibility index (Phi) is 8.32. The molecule has 2 aromatic rings. The number of carbonyl (C=O) groups excluding carboxylic acids is 1. The van der Waals surface area contributed by atoms with Gasteiger partial charge in [-0.2, -0.15) is 0 Å². The van der Waals surface area contributed by atoms with Crippen molar-refractivity contribution in [3.8, 4) is 16.9 Å². The van der Waals surface area contributed by atoms with E-state index in [4.69, 9.17) is 14.2 Å². The molecule has 0 amide bonds. The van der Waals surface area contributed by atoms with Crippen LogP contribution in [0.2, 0.25) is 0 Å². The van der Waals surface area contributed by atoms with E-state index < -0.39 is 0 Å². The lowest BCUT2D eigenvalue weighted by Gasteiger charge is -2.37. The van der Waals surface area contributed by atoms with E-state index in [9.17, 15) is 4.79 Å². The molecule has 31 heavy (non-hydrogen) atoms. The average molecular weight is 427 g/mol. The molecule has 0 atom stereocenters. The van der Waals surface area contributed by atoms with Crippen LogP contribution in [0.15, 0.2) is 36.4 Å². The van der Waals surface area contributed by atoms with Crippen LogP contribution in [0.1, 0.15) is 35.7 Å². The van der Waals surface area contributed by atoms with Gasteiger partial charge in [0.15, 0.2) is 0 Å². The Morgan fingerprint density at radius 3 is 2.39 bits per heavy atom. The van der Waals surface area contributed by atoms with Crippen LogP contribution in [0.5, 0.6) is 5.75 Å². The molecule has 0 radical (unpaired) electrons. The summed E-state index contributed by atoms with van der Waals surface area (Å²) in [5.41, 5.74) is 4.72. The Morgan fingerprint density at radius 2 is 1.77 bits per heavy atom. The molecule has 1 fully saturated rings. The Bertz CT molecular complexity index is 861. The van der Waals surface area contributed by atoms with Gasteiger partial charge in [0.05, 0.1) is 19.3 Å². The van der Waals surface area contributed by atoms with Crippen molar-refractivity contribution in [2.75, 3.05) is 52.0 Å². The molecule has 0 saturated carbocycles. The summed E-state index contributed by atoms with van der Waals surface area (Å²) in [5.74, 6) is 0.493. The number of methoxy groups -OCH3 is 2. The van der Waals surface area contributed by atoms with Gasteiger partial charge in [-0.15, -0.1) is 0 Å². The summed E-state index contributed by atoms with van der Waals surface area (Å²) in [7, 11) is 3.09. The van der Waals surface area contributed by atoms with E-state index in [-0.39, 0.29) is 5.97 Å². The highest BCUT2D eigenvalue weighted by Gasteiger charge is 2.24. The van der Waals surface area contributed by atoms with E-state index in [0.717, 1.165) is 60.6 Å². The number of hydrogen-bond donors (Lipinski definition) is 1. The number of esters is 1. The van der Waals surface area contributed by atoms with Gasteiger partial charge in [0.2, 0.25) is 0 Å². The minimum atomic E-state index is -0.304. The second kappa shape index (κ2) is 11.2. The van der Waals surface area contributed by atoms with E-state index in [1.54, 1.807) is 7.11 Å². The maximum absolute atomic E-state index is 12.6. The lowest BCUT2D eigenvalue weighted by molar-refractivity contribution is 0.0600. The van der Waals surface area contributed by atoms with Gasteiger partial charge in [-0.1, -0.05) is 12.1 Å². The Balaban J connectivity index is 1.98. The molecule has 1 N–H and O–H groups in total. The van der Waals surface area contributed by atoms with Crippen molar-refractivity contribution in [2.45, 2.75) is 32.7 Å². The molecule has 1 aliphatic rings. The Morgan fingerprint density at radius 1 is 1.06 bits per heavy atom. The van der Waals surface area contributed by atoms with Crippen molar-refractivity contribution >= 4 is 11.7 Å². The van der Waals surface area contributed by atoms with Crippen LogP contribution in [0.4, 0.5) is 5.69 Å². The summed E-state index contributed by atoms with van der Waals surface area (Å²) >= 11 is 0. The molecule has 2 aromatic carbocycles. The van der Waals surface area contributed by atoms with Gasteiger partial charge in [0, 0.05) is 25.4 Å². The summed E-state index contributed by atoms with van der Waals surface area (Å²) in [6.07, 6.45) is 2.19. The monoisotopic (exact) mass is 426 g/mol. The first-order valence-electron chi connectivity index (χ1n) is 11.0. The fourth-order valence-corrected chi connectivity index (χ4v) is 4.22. The molecule has 0 aromatic heterocycles. The van der Waals surface area contributed by atoms with Gasteiger partial charge in [0.1, 0.15) is 12.4 Å². The van der Waals surface area contributed by atoms with Crippen LogP contribution in [-0.4, -0.2) is 59.1 Å². The average Bonchev–Trinajstić information content (AvgIpc) is 2.81. The maximum atomic E-state index is 12.6. The lowest BCUT2D eigenvalue weighted by Crippen LogP contribution is -2.43. The van der Waals surface area contributed by atoms with Crippen LogP contribution in [0, 0.1) is 6.92 Å². The molecule has 1 aliphatic heterocycles. The molecular weight excluding hydrogens is 392 g/mol. The molecule has 0 aliphatic carbocycles. The predicted octanol–water partition coefficient (Wildman–Crippen LogP) is 4.05. The zero-order chi connectivity index (χ0) is 22.2. The quantitative estimate of drug-likeness (QED) is 0.482. The molecule has 1 heterocycles. The highest BCUT2D eigenvalue weighted by Crippen LogP contribution is 2.34. The zero-order valence-electron chi connectivity index (χ0n) is 19.1. The predicted molar refractivity (Wildman–Crippen MR) is 124 cm³/mol. The summed E-state index contributed by atoms with van der Waals surface area (Å²) in [5, 5.41) is 3.44. The molecule has 0 spiro atoms. The number of piperidine rings is 1. The van der Waals surface area contributed by atoms with E-state index in [2.05, 4.69) is 23.2 Å². The Hall–Kier alpha value is -2.57. The first-order valence-corrected chi connectivity index (χ1v) is 11.0. The first kappa shape index (κ1) is 23.1. The normalized spacial score (nSPS) is 14.3. The second-order valence-corrected chi connectivity index (χ2v) is 7.79. The summed E-state index contributed by atoms with van der Waals surface area (Å²) < 4.78 is 15.8. The third kappa shape index (κ3) is 5.57. The fourth-order valence-electron chi connectivity index (χ4n) is 4.22. The largest absolute Gasteiger partial charge is 0.491 e. The number of nitrogens with zero attached hydrogens (tertiary/aromatic N) is 1. The molecule has 0 unspecified atom stereocenters. The van der Waals surface area contributed by atoms with Crippen LogP contribution in [0.25, 0.3) is 11.1 Å². The van der Waals surface area contributed by atoms with E-state index >= 15 is 0 Å². The number of rotatable bonds is 9. The van der Waals surface area contributed by atoms with Crippen LogP contribution in [0.3, 0.4) is 0 Å². The standard InChI is InChI=1S/C25H34N2O4/c1-5-27(21-10-12-26-13-11-21)24-17-20(16-23(18(24)2)25(28)30-4)19-6-8-22(9-7-19)31-15-14-29-3/h6-9,16-17,21,26H,5,10-15H2,1-4H3. The zero-order valence-corrected chi connectivity index (χ0v) is 19.1. The number of hydrogen-bond acceptors (Lipinski definition) is 6. The van der Waals surface area contributed by atoms with E-state index in [1.165, 1.54) is 7.11 Å². The SMILES string of the molecule is CCN(c1cc(-c2ccc(OCCOC)cc2)cc(C(=O)OC)c1C)C1CCNCC1. The van der Waals surface area contributed by atoms with Crippen molar-refractivity contribution in [2.24, 2.45) is 0 Å². The molecule has 3 rings (SSSR count). The maximum Gasteiger partial charge on any atom is 0.338 e. The summed E-state index contributed by atoms with van der Waals surface area (Å²) in [6.45, 7) is 8.19. The third-order valence-electron chi connectivity index (χ3n) is 5.93. The smallest absolute Gasteiger partial charge is 0.338 e. The molecule has 6 nitrogen and oxygen atoms in total. The minimum Gasteiger partial charge on any atom is -0.491 e. The van der Waals surface area contributed by atoms with Gasteiger partial charge >= 0.3 is 5.97 Å². The molecular formula is C25H34N2O4. The fraction of sp³-hybridized carbons (Fsp3) is 0.480. The van der Waals surface area contributed by atoms with Gasteiger partial charge in [-0.05, 0) is 80.7 Å². The summed E-state index contributed by atoms with van der Waals surface area (Å²) in [6, 6.07) is 12.5. The number of ether oxygens (including phenoxy) is 3. The van der Waals surface area contributed by atoms with Crippen molar-refractivity contribution in [1.82, 2.24) is 5.32 Å². The second-order valence-electron chi connectivity index (χ2n) is 7.79. The molecule has 0 bridgehead atoms. The Labute approximate surface area is 185 Å². The highest BCUT2D eigenvalue weighted by atomic mass is 16.5. The van der Waals surface area contributed by atoms with Gasteiger partial charge in [-0.25, -0.2) is 4.79 Å². The third-order valence-corrected chi connectivity index (χ3v) is 5.93. The van der Waals surface area contributed by atoms with E-state index in [0.29, 0.717) is 24.8 Å². The van der Waals surface area contributed by atoms with Crippen LogP contribution in [-0.2, 0) is 9.47 Å². The van der Waals surface area contributed by atoms with Crippen LogP contribution < -0.4 is 15.0 Å². The molecule has 6 heteroatoms.